The molecule has 6 nitrogen and oxygen atoms in total. The molecule has 0 bridgehead atoms. The molecule has 0 saturated carbocycles. The van der Waals surface area contributed by atoms with Crippen molar-refractivity contribution in [3.05, 3.63) is 86.4 Å². The minimum absolute atomic E-state index is 0.202. The topological polar surface area (TPSA) is 65.6 Å². The van der Waals surface area contributed by atoms with Crippen LogP contribution in [0.4, 0.5) is 0 Å². The Morgan fingerprint density at radius 2 is 1.85 bits per heavy atom. The Balaban J connectivity index is 1.71. The van der Waals surface area contributed by atoms with Gasteiger partial charge in [0, 0.05) is 5.02 Å². The van der Waals surface area contributed by atoms with E-state index in [-0.39, 0.29) is 11.1 Å². The molecule has 0 saturated heterocycles. The number of rotatable bonds is 4. The number of aryl methyl sites for hydroxylation is 2. The lowest BCUT2D eigenvalue weighted by Crippen LogP contribution is -2.22. The van der Waals surface area contributed by atoms with E-state index >= 15 is 0 Å². The fourth-order valence-electron chi connectivity index (χ4n) is 3.05. The second-order valence-corrected chi connectivity index (χ2v) is 7.03. The molecule has 0 aliphatic carbocycles. The van der Waals surface area contributed by atoms with Crippen molar-refractivity contribution in [1.82, 2.24) is 24.5 Å². The van der Waals surface area contributed by atoms with E-state index in [0.717, 1.165) is 22.3 Å². The predicted octanol–water partition coefficient (Wildman–Crippen LogP) is 3.35. The number of aromatic nitrogens is 5. The molecule has 27 heavy (non-hydrogen) atoms. The highest BCUT2D eigenvalue weighted by molar-refractivity contribution is 6.31. The summed E-state index contributed by atoms with van der Waals surface area (Å²) in [4.78, 5) is 17.3. The quantitative estimate of drug-likeness (QED) is 0.545. The van der Waals surface area contributed by atoms with Crippen molar-refractivity contribution in [2.24, 2.45) is 0 Å². The Labute approximate surface area is 161 Å². The number of halogens is 1. The molecule has 0 unspecified atom stereocenters. The van der Waals surface area contributed by atoms with Gasteiger partial charge in [-0.3, -0.25) is 9.36 Å². The fraction of sp³-hybridized carbons (Fsp3) is 0.200. The molecule has 0 fully saturated rings. The van der Waals surface area contributed by atoms with Crippen LogP contribution in [0, 0.1) is 13.8 Å². The Hall–Kier alpha value is -2.99. The van der Waals surface area contributed by atoms with Gasteiger partial charge in [-0.25, -0.2) is 9.67 Å². The van der Waals surface area contributed by atoms with Crippen molar-refractivity contribution in [3.8, 4) is 0 Å². The molecule has 0 aliphatic heterocycles. The van der Waals surface area contributed by atoms with Gasteiger partial charge in [-0.1, -0.05) is 58.8 Å². The van der Waals surface area contributed by atoms with E-state index in [1.807, 2.05) is 38.1 Å². The summed E-state index contributed by atoms with van der Waals surface area (Å²) in [7, 11) is 0. The van der Waals surface area contributed by atoms with Crippen LogP contribution in [-0.2, 0) is 13.1 Å². The lowest BCUT2D eigenvalue weighted by atomic mass is 10.1. The van der Waals surface area contributed by atoms with Crippen LogP contribution in [0.1, 0.15) is 22.3 Å². The second kappa shape index (κ2) is 6.96. The highest BCUT2D eigenvalue weighted by Crippen LogP contribution is 2.17. The maximum atomic E-state index is 12.8. The number of benzene rings is 2. The lowest BCUT2D eigenvalue weighted by Gasteiger charge is -2.09. The van der Waals surface area contributed by atoms with E-state index in [4.69, 9.17) is 11.6 Å². The van der Waals surface area contributed by atoms with Crippen molar-refractivity contribution in [2.45, 2.75) is 26.9 Å². The van der Waals surface area contributed by atoms with Crippen molar-refractivity contribution < 1.29 is 0 Å². The van der Waals surface area contributed by atoms with Crippen molar-refractivity contribution in [1.29, 1.82) is 0 Å². The van der Waals surface area contributed by atoms with Crippen LogP contribution in [0.15, 0.2) is 53.6 Å². The molecule has 4 rings (SSSR count). The van der Waals surface area contributed by atoms with Gasteiger partial charge in [0.15, 0.2) is 11.2 Å². The van der Waals surface area contributed by atoms with E-state index in [1.165, 1.54) is 0 Å². The van der Waals surface area contributed by atoms with Crippen LogP contribution < -0.4 is 5.56 Å². The van der Waals surface area contributed by atoms with Gasteiger partial charge in [0.05, 0.1) is 13.1 Å². The van der Waals surface area contributed by atoms with Crippen LogP contribution in [-0.4, -0.2) is 24.5 Å². The number of hydrogen-bond donors (Lipinski definition) is 0. The summed E-state index contributed by atoms with van der Waals surface area (Å²) >= 11 is 6.22. The van der Waals surface area contributed by atoms with E-state index in [1.54, 1.807) is 15.6 Å². The third kappa shape index (κ3) is 3.36. The minimum Gasteiger partial charge on any atom is -0.293 e. The maximum absolute atomic E-state index is 12.8. The molecule has 0 spiro atoms. The van der Waals surface area contributed by atoms with Crippen LogP contribution in [0.5, 0.6) is 0 Å². The van der Waals surface area contributed by atoms with Crippen molar-refractivity contribution in [2.75, 3.05) is 0 Å². The molecule has 7 heteroatoms. The summed E-state index contributed by atoms with van der Waals surface area (Å²) in [6.07, 6.45) is 1.55. The van der Waals surface area contributed by atoms with E-state index < -0.39 is 0 Å². The van der Waals surface area contributed by atoms with Gasteiger partial charge in [-0.15, -0.1) is 5.10 Å². The van der Waals surface area contributed by atoms with Gasteiger partial charge in [0.25, 0.3) is 5.56 Å². The molecule has 2 heterocycles. The summed E-state index contributed by atoms with van der Waals surface area (Å²) in [5, 5.41) is 8.81. The van der Waals surface area contributed by atoms with Crippen LogP contribution in [0.25, 0.3) is 11.2 Å². The summed E-state index contributed by atoms with van der Waals surface area (Å²) in [6, 6.07) is 13.7. The van der Waals surface area contributed by atoms with Crippen molar-refractivity contribution >= 4 is 22.8 Å². The molecule has 0 aliphatic rings. The van der Waals surface area contributed by atoms with E-state index in [0.29, 0.717) is 23.8 Å². The van der Waals surface area contributed by atoms with Gasteiger partial charge in [0.1, 0.15) is 6.33 Å². The molecule has 0 N–H and O–H groups in total. The first-order chi connectivity index (χ1) is 13.0. The Kier molecular flexibility index (Phi) is 4.49. The minimum atomic E-state index is -0.202. The second-order valence-electron chi connectivity index (χ2n) is 6.62. The average molecular weight is 380 g/mol. The smallest absolute Gasteiger partial charge is 0.283 e. The molecule has 0 radical (unpaired) electrons. The molecule has 0 atom stereocenters. The standard InChI is InChI=1S/C20H18ClN5O/c1-13-7-8-14(2)16(9-13)10-25-12-22-19-18(20(25)27)23-24-26(19)11-15-5-3-4-6-17(15)21/h3-9,12H,10-11H2,1-2H3. The lowest BCUT2D eigenvalue weighted by molar-refractivity contribution is 0.663. The maximum Gasteiger partial charge on any atom is 0.283 e. The molecule has 136 valence electrons. The third-order valence-electron chi connectivity index (χ3n) is 4.62. The molecule has 2 aromatic carbocycles. The highest BCUT2D eigenvalue weighted by atomic mass is 35.5. The Bertz CT molecular complexity index is 1190. The highest BCUT2D eigenvalue weighted by Gasteiger charge is 2.14. The zero-order valence-electron chi connectivity index (χ0n) is 15.1. The Morgan fingerprint density at radius 3 is 2.67 bits per heavy atom. The summed E-state index contributed by atoms with van der Waals surface area (Å²) in [5.41, 5.74) is 4.78. The third-order valence-corrected chi connectivity index (χ3v) is 4.98. The largest absolute Gasteiger partial charge is 0.293 e. The molecule has 4 aromatic rings. The zero-order valence-corrected chi connectivity index (χ0v) is 15.8. The molecule has 0 amide bonds. The van der Waals surface area contributed by atoms with E-state index in [9.17, 15) is 4.79 Å². The van der Waals surface area contributed by atoms with Gasteiger partial charge in [-0.05, 0) is 36.6 Å². The average Bonchev–Trinajstić information content (AvgIpc) is 3.06. The van der Waals surface area contributed by atoms with Gasteiger partial charge in [-0.2, -0.15) is 0 Å². The summed E-state index contributed by atoms with van der Waals surface area (Å²) in [6.45, 7) is 4.93. The Morgan fingerprint density at radius 1 is 1.04 bits per heavy atom. The van der Waals surface area contributed by atoms with Crippen LogP contribution in [0.3, 0.4) is 0 Å². The van der Waals surface area contributed by atoms with Crippen molar-refractivity contribution in [3.63, 3.8) is 0 Å². The van der Waals surface area contributed by atoms with Gasteiger partial charge < -0.3 is 0 Å². The number of nitrogens with zero attached hydrogens (tertiary/aromatic N) is 5. The SMILES string of the molecule is Cc1ccc(C)c(Cn2cnc3c(nnn3Cc3ccccc3Cl)c2=O)c1. The first-order valence-electron chi connectivity index (χ1n) is 8.61. The number of fused-ring (bicyclic) bond motifs is 1. The molecular weight excluding hydrogens is 362 g/mol. The number of hydrogen-bond acceptors (Lipinski definition) is 4. The van der Waals surface area contributed by atoms with Crippen LogP contribution in [0.2, 0.25) is 5.02 Å². The van der Waals surface area contributed by atoms with Crippen LogP contribution >= 0.6 is 11.6 Å². The first-order valence-corrected chi connectivity index (χ1v) is 8.99. The molecular formula is C20H18ClN5O. The summed E-state index contributed by atoms with van der Waals surface area (Å²) < 4.78 is 3.17. The van der Waals surface area contributed by atoms with Gasteiger partial charge in [0.2, 0.25) is 0 Å². The molecule has 2 aromatic heterocycles. The first kappa shape index (κ1) is 17.4. The van der Waals surface area contributed by atoms with Gasteiger partial charge >= 0.3 is 0 Å². The van der Waals surface area contributed by atoms with E-state index in [2.05, 4.69) is 33.5 Å². The predicted molar refractivity (Wildman–Crippen MR) is 105 cm³/mol. The summed E-state index contributed by atoms with van der Waals surface area (Å²) in [5.74, 6) is 0. The fourth-order valence-corrected chi connectivity index (χ4v) is 3.24. The monoisotopic (exact) mass is 379 g/mol. The zero-order chi connectivity index (χ0) is 19.0. The normalized spacial score (nSPS) is 11.2.